The number of nitrogens with one attached hydrogen (secondary N) is 2. The van der Waals surface area contributed by atoms with Crippen molar-refractivity contribution in [1.82, 2.24) is 15.5 Å². The number of carbonyl (C=O) groups is 1. The largest absolute Gasteiger partial charge is 0.377 e. The highest BCUT2D eigenvalue weighted by Gasteiger charge is 2.66. The molecule has 0 aromatic rings. The number of carbonyl (C=O) groups excluding carboxylic acids is 1. The molecule has 7 heteroatoms. The van der Waals surface area contributed by atoms with Crippen LogP contribution in [0.4, 0.5) is 0 Å². The summed E-state index contributed by atoms with van der Waals surface area (Å²) in [6.07, 6.45) is 5.39. The fourth-order valence-corrected chi connectivity index (χ4v) is 4.21. The molecule has 1 amide bonds. The van der Waals surface area contributed by atoms with Crippen LogP contribution in [0.2, 0.25) is 0 Å². The lowest BCUT2D eigenvalue weighted by Gasteiger charge is -2.63. The van der Waals surface area contributed by atoms with E-state index in [-0.39, 0.29) is 36.4 Å². The molecule has 23 heavy (non-hydrogen) atoms. The summed E-state index contributed by atoms with van der Waals surface area (Å²) in [6.45, 7) is 3.92. The number of rotatable bonds is 4. The average molecular weight is 436 g/mol. The molecule has 2 saturated carbocycles. The Morgan fingerprint density at radius 3 is 2.70 bits per heavy atom. The molecule has 132 valence electrons. The maximum atomic E-state index is 11.7. The molecule has 0 radical (unpaired) electrons. The first-order chi connectivity index (χ1) is 10.6. The topological polar surface area (TPSA) is 66.0 Å². The Labute approximate surface area is 155 Å². The molecule has 3 atom stereocenters. The second kappa shape index (κ2) is 7.55. The Morgan fingerprint density at radius 2 is 2.13 bits per heavy atom. The van der Waals surface area contributed by atoms with Gasteiger partial charge in [0.05, 0.1) is 6.10 Å². The summed E-state index contributed by atoms with van der Waals surface area (Å²) in [6, 6.07) is 0.445. The Morgan fingerprint density at radius 1 is 1.39 bits per heavy atom. The summed E-state index contributed by atoms with van der Waals surface area (Å²) in [7, 11) is 3.52. The number of aliphatic imine (C=N–C) groups is 1. The van der Waals surface area contributed by atoms with E-state index in [1.54, 1.807) is 19.0 Å². The molecule has 3 aliphatic rings. The van der Waals surface area contributed by atoms with Crippen LogP contribution >= 0.6 is 24.0 Å². The first kappa shape index (κ1) is 18.8. The van der Waals surface area contributed by atoms with Crippen LogP contribution in [0.1, 0.15) is 32.6 Å². The van der Waals surface area contributed by atoms with Crippen LogP contribution in [0.25, 0.3) is 0 Å². The highest BCUT2D eigenvalue weighted by Crippen LogP contribution is 2.62. The van der Waals surface area contributed by atoms with Crippen molar-refractivity contribution in [3.63, 3.8) is 0 Å². The van der Waals surface area contributed by atoms with E-state index in [1.165, 1.54) is 19.3 Å². The molecule has 0 aromatic heterocycles. The SMILES string of the molecule is CCNC(=NCC(=O)N(C)C)NC1C2CCOC2C12CCC2.I. The van der Waals surface area contributed by atoms with Crippen molar-refractivity contribution in [3.05, 3.63) is 0 Å². The van der Waals surface area contributed by atoms with Gasteiger partial charge in [-0.2, -0.15) is 0 Å². The molecule has 3 rings (SSSR count). The van der Waals surface area contributed by atoms with Gasteiger partial charge in [-0.15, -0.1) is 24.0 Å². The molecule has 3 unspecified atom stereocenters. The van der Waals surface area contributed by atoms with Crippen LogP contribution in [0, 0.1) is 11.3 Å². The summed E-state index contributed by atoms with van der Waals surface area (Å²) < 4.78 is 5.95. The lowest BCUT2D eigenvalue weighted by Crippen LogP contribution is -2.72. The maximum Gasteiger partial charge on any atom is 0.243 e. The zero-order valence-corrected chi connectivity index (χ0v) is 16.6. The minimum absolute atomic E-state index is 0. The van der Waals surface area contributed by atoms with Crippen molar-refractivity contribution in [3.8, 4) is 0 Å². The molecule has 2 N–H and O–H groups in total. The number of nitrogens with zero attached hydrogens (tertiary/aromatic N) is 2. The van der Waals surface area contributed by atoms with Gasteiger partial charge in [-0.25, -0.2) is 4.99 Å². The summed E-state index contributed by atoms with van der Waals surface area (Å²) in [5.41, 5.74) is 0.322. The van der Waals surface area contributed by atoms with Crippen LogP contribution in [0.3, 0.4) is 0 Å². The third kappa shape index (κ3) is 3.31. The van der Waals surface area contributed by atoms with E-state index in [0.29, 0.717) is 23.5 Å². The maximum absolute atomic E-state index is 11.7. The minimum atomic E-state index is 0. The van der Waals surface area contributed by atoms with Crippen LogP contribution in [0.5, 0.6) is 0 Å². The van der Waals surface area contributed by atoms with Gasteiger partial charge in [-0.05, 0) is 26.2 Å². The molecule has 2 aliphatic carbocycles. The first-order valence-electron chi connectivity index (χ1n) is 8.45. The Kier molecular flexibility index (Phi) is 6.16. The third-order valence-electron chi connectivity index (χ3n) is 5.54. The molecule has 0 aromatic carbocycles. The highest BCUT2D eigenvalue weighted by molar-refractivity contribution is 14.0. The van der Waals surface area contributed by atoms with Crippen molar-refractivity contribution >= 4 is 35.8 Å². The summed E-state index contributed by atoms with van der Waals surface area (Å²) in [4.78, 5) is 17.8. The van der Waals surface area contributed by atoms with E-state index >= 15 is 0 Å². The summed E-state index contributed by atoms with van der Waals surface area (Å²) in [5.74, 6) is 1.39. The normalized spacial score (nSPS) is 30.6. The van der Waals surface area contributed by atoms with Crippen LogP contribution in [-0.2, 0) is 9.53 Å². The molecular weight excluding hydrogens is 407 g/mol. The molecule has 6 nitrogen and oxygen atoms in total. The highest BCUT2D eigenvalue weighted by atomic mass is 127. The number of ether oxygens (including phenoxy) is 1. The molecule has 3 fully saturated rings. The summed E-state index contributed by atoms with van der Waals surface area (Å²) in [5, 5.41) is 6.87. The van der Waals surface area contributed by atoms with Crippen LogP contribution in [0.15, 0.2) is 4.99 Å². The van der Waals surface area contributed by atoms with Gasteiger partial charge in [0, 0.05) is 44.6 Å². The van der Waals surface area contributed by atoms with Gasteiger partial charge in [0.1, 0.15) is 6.54 Å². The fourth-order valence-electron chi connectivity index (χ4n) is 4.21. The second-order valence-corrected chi connectivity index (χ2v) is 6.94. The third-order valence-corrected chi connectivity index (χ3v) is 5.54. The van der Waals surface area contributed by atoms with E-state index in [0.717, 1.165) is 25.5 Å². The number of hydrogen-bond donors (Lipinski definition) is 2. The van der Waals surface area contributed by atoms with Gasteiger partial charge in [-0.3, -0.25) is 4.79 Å². The van der Waals surface area contributed by atoms with Crippen molar-refractivity contribution in [2.75, 3.05) is 33.8 Å². The standard InChI is InChI=1S/C16H28N4O2.HI/c1-4-17-15(18-10-12(21)20(2)3)19-13-11-6-9-22-14(11)16(13)7-5-8-16;/h11,13-14H,4-10H2,1-3H3,(H2,17,18,19);1H. The molecule has 1 aliphatic heterocycles. The van der Waals surface area contributed by atoms with Crippen LogP contribution in [-0.4, -0.2) is 62.7 Å². The zero-order chi connectivity index (χ0) is 15.7. The van der Waals surface area contributed by atoms with E-state index in [4.69, 9.17) is 4.74 Å². The second-order valence-electron chi connectivity index (χ2n) is 6.94. The molecule has 1 spiro atoms. The predicted molar refractivity (Wildman–Crippen MR) is 101 cm³/mol. The molecule has 1 heterocycles. The number of hydrogen-bond acceptors (Lipinski definition) is 3. The lowest BCUT2D eigenvalue weighted by molar-refractivity contribution is -0.171. The van der Waals surface area contributed by atoms with Gasteiger partial charge in [-0.1, -0.05) is 6.42 Å². The van der Waals surface area contributed by atoms with E-state index in [9.17, 15) is 4.79 Å². The summed E-state index contributed by atoms with van der Waals surface area (Å²) >= 11 is 0. The van der Waals surface area contributed by atoms with Gasteiger partial charge in [0.15, 0.2) is 5.96 Å². The van der Waals surface area contributed by atoms with Crippen molar-refractivity contribution in [1.29, 1.82) is 0 Å². The smallest absolute Gasteiger partial charge is 0.243 e. The monoisotopic (exact) mass is 436 g/mol. The van der Waals surface area contributed by atoms with Gasteiger partial charge in [0.2, 0.25) is 5.91 Å². The number of fused-ring (bicyclic) bond motifs is 2. The molecular formula is C16H29IN4O2. The minimum Gasteiger partial charge on any atom is -0.377 e. The van der Waals surface area contributed by atoms with Gasteiger partial charge >= 0.3 is 0 Å². The fraction of sp³-hybridized carbons (Fsp3) is 0.875. The van der Waals surface area contributed by atoms with Crippen molar-refractivity contribution in [2.24, 2.45) is 16.3 Å². The first-order valence-corrected chi connectivity index (χ1v) is 8.45. The lowest BCUT2D eigenvalue weighted by atomic mass is 9.46. The Balaban J connectivity index is 0.00000192. The number of amides is 1. The quantitative estimate of drug-likeness (QED) is 0.395. The van der Waals surface area contributed by atoms with E-state index in [1.807, 2.05) is 6.92 Å². The number of halogens is 1. The molecule has 0 bridgehead atoms. The number of guanidine groups is 1. The van der Waals surface area contributed by atoms with Crippen molar-refractivity contribution in [2.45, 2.75) is 44.8 Å². The van der Waals surface area contributed by atoms with Gasteiger partial charge in [0.25, 0.3) is 0 Å². The predicted octanol–water partition coefficient (Wildman–Crippen LogP) is 1.21. The zero-order valence-electron chi connectivity index (χ0n) is 14.3. The van der Waals surface area contributed by atoms with Crippen molar-refractivity contribution < 1.29 is 9.53 Å². The molecule has 1 saturated heterocycles. The average Bonchev–Trinajstić information content (AvgIpc) is 2.84. The Hall–Kier alpha value is -0.570. The Bertz CT molecular complexity index is 465. The van der Waals surface area contributed by atoms with Crippen LogP contribution < -0.4 is 10.6 Å². The van der Waals surface area contributed by atoms with Gasteiger partial charge < -0.3 is 20.3 Å². The van der Waals surface area contributed by atoms with E-state index < -0.39 is 0 Å². The van der Waals surface area contributed by atoms with E-state index in [2.05, 4.69) is 15.6 Å². The number of likely N-dealkylation sites (N-methyl/N-ethyl adjacent to an activating group) is 1.